The maximum absolute atomic E-state index is 13.3. The van der Waals surface area contributed by atoms with E-state index in [4.69, 9.17) is 4.74 Å². The number of para-hydroxylation sites is 1. The average Bonchev–Trinajstić information content (AvgIpc) is 2.72. The number of anilines is 1. The molecule has 3 aromatic rings. The van der Waals surface area contributed by atoms with Gasteiger partial charge >= 0.3 is 12.1 Å². The van der Waals surface area contributed by atoms with Crippen LogP contribution in [0.1, 0.15) is 34.6 Å². The van der Waals surface area contributed by atoms with Crippen LogP contribution in [-0.2, 0) is 10.9 Å². The zero-order valence-corrected chi connectivity index (χ0v) is 16.6. The van der Waals surface area contributed by atoms with Gasteiger partial charge in [0.2, 0.25) is 0 Å². The molecule has 0 fully saturated rings. The molecule has 0 spiro atoms. The van der Waals surface area contributed by atoms with Gasteiger partial charge in [-0.1, -0.05) is 12.1 Å². The highest BCUT2D eigenvalue weighted by Gasteiger charge is 2.35. The lowest BCUT2D eigenvalue weighted by molar-refractivity contribution is -0.141. The van der Waals surface area contributed by atoms with Gasteiger partial charge in [0.05, 0.1) is 23.9 Å². The zero-order chi connectivity index (χ0) is 22.5. The number of aromatic nitrogens is 2. The van der Waals surface area contributed by atoms with Crippen LogP contribution in [0.25, 0.3) is 10.9 Å². The molecular weight excluding hydrogens is 415 g/mol. The summed E-state index contributed by atoms with van der Waals surface area (Å²) in [4.78, 5) is 31.1. The molecule has 10 heteroatoms. The maximum atomic E-state index is 13.3. The predicted molar refractivity (Wildman–Crippen MR) is 106 cm³/mol. The summed E-state index contributed by atoms with van der Waals surface area (Å²) >= 11 is 0. The van der Waals surface area contributed by atoms with Crippen molar-refractivity contribution in [3.63, 3.8) is 0 Å². The smallest absolute Gasteiger partial charge is 0.433 e. The first-order valence-corrected chi connectivity index (χ1v) is 9.46. The molecule has 1 N–H and O–H groups in total. The molecule has 1 unspecified atom stereocenters. The highest BCUT2D eigenvalue weighted by atomic mass is 19.4. The molecule has 31 heavy (non-hydrogen) atoms. The minimum Gasteiger partial charge on any atom is -0.506 e. The summed E-state index contributed by atoms with van der Waals surface area (Å²) in [5.41, 5.74) is -0.975. The van der Waals surface area contributed by atoms with Crippen molar-refractivity contribution in [1.82, 2.24) is 9.55 Å². The summed E-state index contributed by atoms with van der Waals surface area (Å²) in [5, 5.41) is 11.0. The first-order valence-electron chi connectivity index (χ1n) is 9.46. The first kappa shape index (κ1) is 20.7. The average molecular weight is 433 g/mol. The largest absolute Gasteiger partial charge is 0.506 e. The van der Waals surface area contributed by atoms with Crippen LogP contribution in [-0.4, -0.2) is 40.8 Å². The van der Waals surface area contributed by atoms with Crippen LogP contribution in [0.3, 0.4) is 0 Å². The Morgan fingerprint density at radius 3 is 2.65 bits per heavy atom. The van der Waals surface area contributed by atoms with Gasteiger partial charge in [-0.05, 0) is 30.7 Å². The highest BCUT2D eigenvalue weighted by Crippen LogP contribution is 2.39. The van der Waals surface area contributed by atoms with Gasteiger partial charge in [0.25, 0.3) is 5.56 Å². The Hall–Kier alpha value is -3.56. The molecule has 4 rings (SSSR count). The molecule has 1 aliphatic rings. The van der Waals surface area contributed by atoms with Crippen molar-refractivity contribution in [3.05, 3.63) is 63.7 Å². The van der Waals surface area contributed by atoms with Crippen molar-refractivity contribution < 1.29 is 27.8 Å². The number of nitrogens with zero attached hydrogens (tertiary/aromatic N) is 3. The molecule has 1 aromatic carbocycles. The molecule has 0 saturated carbocycles. The molecule has 0 radical (unpaired) electrons. The van der Waals surface area contributed by atoms with E-state index in [2.05, 4.69) is 4.98 Å². The maximum Gasteiger partial charge on any atom is 0.433 e. The first-order chi connectivity index (χ1) is 14.6. The van der Waals surface area contributed by atoms with Crippen LogP contribution in [0.15, 0.2) is 41.3 Å². The summed E-state index contributed by atoms with van der Waals surface area (Å²) < 4.78 is 45.0. The van der Waals surface area contributed by atoms with Crippen molar-refractivity contribution in [3.8, 4) is 5.75 Å². The number of carbonyl (C=O) groups is 1. The summed E-state index contributed by atoms with van der Waals surface area (Å²) in [6.45, 7) is 1.82. The van der Waals surface area contributed by atoms with Crippen molar-refractivity contribution in [2.75, 3.05) is 25.1 Å². The molecule has 1 atom stereocenters. The Morgan fingerprint density at radius 2 is 2.03 bits per heavy atom. The fraction of sp³-hybridized carbons (Fsp3) is 0.286. The quantitative estimate of drug-likeness (QED) is 0.638. The lowest BCUT2D eigenvalue weighted by Gasteiger charge is -2.35. The number of halogens is 3. The molecule has 0 amide bonds. The Bertz CT molecular complexity index is 1240. The Morgan fingerprint density at radius 1 is 1.29 bits per heavy atom. The molecule has 7 nitrogen and oxygen atoms in total. The highest BCUT2D eigenvalue weighted by molar-refractivity contribution is 6.03. The van der Waals surface area contributed by atoms with Gasteiger partial charge in [-0.15, -0.1) is 0 Å². The molecule has 2 aromatic heterocycles. The van der Waals surface area contributed by atoms with E-state index < -0.39 is 40.8 Å². The van der Waals surface area contributed by atoms with Crippen molar-refractivity contribution in [2.24, 2.45) is 0 Å². The monoisotopic (exact) mass is 433 g/mol. The van der Waals surface area contributed by atoms with Gasteiger partial charge in [-0.2, -0.15) is 13.2 Å². The fourth-order valence-corrected chi connectivity index (χ4v) is 3.89. The van der Waals surface area contributed by atoms with Gasteiger partial charge in [-0.25, -0.2) is 4.79 Å². The minimum atomic E-state index is -4.59. The Balaban J connectivity index is 2.00. The fourth-order valence-electron chi connectivity index (χ4n) is 3.89. The standard InChI is InChI=1S/C21H18F3N3O4/c1-3-31-20(30)16-18(28)12-5-4-6-13-17(12)27(19(16)29)14(10-26(13)2)11-7-8-15(25-9-11)21(22,23)24/h4-9,14,28H,3,10H2,1-2H3. The van der Waals surface area contributed by atoms with Crippen LogP contribution in [0, 0.1) is 0 Å². The number of benzene rings is 1. The second-order valence-corrected chi connectivity index (χ2v) is 7.16. The Labute approximate surface area is 174 Å². The molecule has 3 heterocycles. The molecular formula is C21H18F3N3O4. The van der Waals surface area contributed by atoms with Gasteiger partial charge < -0.3 is 14.7 Å². The van der Waals surface area contributed by atoms with Gasteiger partial charge in [0.15, 0.2) is 5.56 Å². The topological polar surface area (TPSA) is 84.7 Å². The van der Waals surface area contributed by atoms with E-state index >= 15 is 0 Å². The number of rotatable bonds is 3. The van der Waals surface area contributed by atoms with E-state index in [1.807, 2.05) is 4.90 Å². The zero-order valence-electron chi connectivity index (χ0n) is 16.6. The number of esters is 1. The Kier molecular flexibility index (Phi) is 4.87. The number of hydrogen-bond donors (Lipinski definition) is 1. The van der Waals surface area contributed by atoms with Crippen LogP contribution in [0.2, 0.25) is 0 Å². The summed E-state index contributed by atoms with van der Waals surface area (Å²) in [7, 11) is 1.77. The number of likely N-dealkylation sites (N-methyl/N-ethyl adjacent to an activating group) is 1. The number of ether oxygens (including phenoxy) is 1. The molecule has 0 bridgehead atoms. The van der Waals surface area contributed by atoms with E-state index in [-0.39, 0.29) is 18.5 Å². The van der Waals surface area contributed by atoms with E-state index in [9.17, 15) is 27.9 Å². The van der Waals surface area contributed by atoms with Crippen molar-refractivity contribution in [2.45, 2.75) is 19.1 Å². The predicted octanol–water partition coefficient (Wildman–Crippen LogP) is 3.34. The summed E-state index contributed by atoms with van der Waals surface area (Å²) in [5.74, 6) is -1.46. The second-order valence-electron chi connectivity index (χ2n) is 7.16. The normalized spacial score (nSPS) is 15.9. The number of hydrogen-bond acceptors (Lipinski definition) is 6. The third kappa shape index (κ3) is 3.28. The van der Waals surface area contributed by atoms with Gasteiger partial charge in [0, 0.05) is 25.2 Å². The third-order valence-corrected chi connectivity index (χ3v) is 5.29. The summed E-state index contributed by atoms with van der Waals surface area (Å²) in [6, 6.07) is 6.37. The van der Waals surface area contributed by atoms with E-state index in [1.54, 1.807) is 32.2 Å². The van der Waals surface area contributed by atoms with E-state index in [0.29, 0.717) is 16.8 Å². The molecule has 1 aliphatic heterocycles. The number of aromatic hydroxyl groups is 1. The van der Waals surface area contributed by atoms with Crippen molar-refractivity contribution in [1.29, 1.82) is 0 Å². The van der Waals surface area contributed by atoms with Crippen LogP contribution in [0.4, 0.5) is 18.9 Å². The number of carbonyl (C=O) groups excluding carboxylic acids is 1. The molecule has 0 aliphatic carbocycles. The SMILES string of the molecule is CCOC(=O)c1c(O)c2cccc3c2n(c1=O)C(c1ccc(C(F)(F)F)nc1)CN3C. The summed E-state index contributed by atoms with van der Waals surface area (Å²) in [6.07, 6.45) is -3.52. The van der Waals surface area contributed by atoms with E-state index in [1.165, 1.54) is 10.6 Å². The lowest BCUT2D eigenvalue weighted by atomic mass is 10.00. The van der Waals surface area contributed by atoms with Crippen LogP contribution < -0.4 is 10.5 Å². The number of alkyl halides is 3. The number of pyridine rings is 2. The molecule has 0 saturated heterocycles. The minimum absolute atomic E-state index is 0.00474. The third-order valence-electron chi connectivity index (χ3n) is 5.29. The van der Waals surface area contributed by atoms with Gasteiger partial charge in [-0.3, -0.25) is 14.3 Å². The van der Waals surface area contributed by atoms with Crippen LogP contribution >= 0.6 is 0 Å². The second kappa shape index (κ2) is 7.29. The lowest BCUT2D eigenvalue weighted by Crippen LogP contribution is -2.40. The van der Waals surface area contributed by atoms with Crippen LogP contribution in [0.5, 0.6) is 5.75 Å². The molecule has 162 valence electrons. The van der Waals surface area contributed by atoms with E-state index in [0.717, 1.165) is 12.3 Å². The van der Waals surface area contributed by atoms with Gasteiger partial charge in [0.1, 0.15) is 11.4 Å². The van der Waals surface area contributed by atoms with Crippen molar-refractivity contribution >= 4 is 22.6 Å².